The molecule has 0 aliphatic heterocycles. The van der Waals surface area contributed by atoms with E-state index < -0.39 is 0 Å². The maximum absolute atomic E-state index is 5.13. The Balaban J connectivity index is 2.19. The molecule has 1 aliphatic carbocycles. The normalized spacial score (nSPS) is 22.2. The Morgan fingerprint density at radius 2 is 2.12 bits per heavy atom. The number of benzene rings is 1. The Labute approximate surface area is 104 Å². The third kappa shape index (κ3) is 2.70. The van der Waals surface area contributed by atoms with Crippen molar-refractivity contribution in [2.24, 2.45) is 5.41 Å². The number of hydrogen-bond acceptors (Lipinski definition) is 2. The summed E-state index contributed by atoms with van der Waals surface area (Å²) in [4.78, 5) is 0. The fourth-order valence-electron chi connectivity index (χ4n) is 2.76. The van der Waals surface area contributed by atoms with Crippen LogP contribution in [0.4, 0.5) is 0 Å². The van der Waals surface area contributed by atoms with Gasteiger partial charge in [0.05, 0.1) is 6.61 Å². The molecule has 1 N–H and O–H groups in total. The van der Waals surface area contributed by atoms with Gasteiger partial charge in [-0.1, -0.05) is 38.1 Å². The van der Waals surface area contributed by atoms with Gasteiger partial charge in [-0.15, -0.1) is 0 Å². The fourth-order valence-corrected chi connectivity index (χ4v) is 2.76. The van der Waals surface area contributed by atoms with E-state index in [4.69, 9.17) is 4.74 Å². The molecule has 1 atom stereocenters. The monoisotopic (exact) mass is 233 g/mol. The second kappa shape index (κ2) is 5.19. The summed E-state index contributed by atoms with van der Waals surface area (Å²) in [7, 11) is 1.75. The van der Waals surface area contributed by atoms with Gasteiger partial charge in [0.15, 0.2) is 0 Å². The maximum Gasteiger partial charge on any atom is 0.0587 e. The number of methoxy groups -OCH3 is 1. The lowest BCUT2D eigenvalue weighted by Crippen LogP contribution is -2.39. The van der Waals surface area contributed by atoms with Gasteiger partial charge in [0, 0.05) is 19.7 Å². The molecule has 94 valence electrons. The van der Waals surface area contributed by atoms with Crippen LogP contribution in [0.15, 0.2) is 24.3 Å². The summed E-state index contributed by atoms with van der Waals surface area (Å²) in [5.41, 5.74) is 3.30. The largest absolute Gasteiger partial charge is 0.383 e. The number of nitrogens with one attached hydrogen (secondary N) is 1. The standard InChI is InChI=1S/C15H23NO/c1-15(2)9-8-12-6-4-5-7-13(12)14(15)16-10-11-17-3/h4-7,14,16H,8-11H2,1-3H3. The molecule has 2 nitrogen and oxygen atoms in total. The second-order valence-corrected chi connectivity index (χ2v) is 5.57. The minimum absolute atomic E-state index is 0.322. The van der Waals surface area contributed by atoms with E-state index in [0.29, 0.717) is 11.5 Å². The van der Waals surface area contributed by atoms with Crippen LogP contribution in [0.1, 0.15) is 37.4 Å². The Kier molecular flexibility index (Phi) is 3.85. The Morgan fingerprint density at radius 3 is 2.88 bits per heavy atom. The Bertz CT molecular complexity index is 373. The molecule has 0 spiro atoms. The lowest BCUT2D eigenvalue weighted by molar-refractivity contribution is 0.166. The minimum atomic E-state index is 0.322. The summed E-state index contributed by atoms with van der Waals surface area (Å²) in [5, 5.41) is 3.64. The molecule has 2 rings (SSSR count). The quantitative estimate of drug-likeness (QED) is 0.807. The van der Waals surface area contributed by atoms with Gasteiger partial charge < -0.3 is 10.1 Å². The second-order valence-electron chi connectivity index (χ2n) is 5.57. The number of aryl methyl sites for hydroxylation is 1. The molecule has 0 bridgehead atoms. The number of rotatable bonds is 4. The molecule has 0 radical (unpaired) electrons. The molecule has 1 unspecified atom stereocenters. The van der Waals surface area contributed by atoms with Crippen LogP contribution in [0.3, 0.4) is 0 Å². The summed E-state index contributed by atoms with van der Waals surface area (Å²) < 4.78 is 5.13. The van der Waals surface area contributed by atoms with Crippen molar-refractivity contribution < 1.29 is 4.74 Å². The lowest BCUT2D eigenvalue weighted by atomic mass is 9.70. The van der Waals surface area contributed by atoms with E-state index >= 15 is 0 Å². The van der Waals surface area contributed by atoms with E-state index in [1.165, 1.54) is 24.0 Å². The van der Waals surface area contributed by atoms with Crippen LogP contribution in [0.2, 0.25) is 0 Å². The highest BCUT2D eigenvalue weighted by Crippen LogP contribution is 2.43. The predicted molar refractivity (Wildman–Crippen MR) is 71.2 cm³/mol. The van der Waals surface area contributed by atoms with E-state index in [-0.39, 0.29) is 0 Å². The zero-order chi connectivity index (χ0) is 12.3. The van der Waals surface area contributed by atoms with E-state index in [2.05, 4.69) is 43.4 Å². The minimum Gasteiger partial charge on any atom is -0.383 e. The molecular formula is C15H23NO. The zero-order valence-electron chi connectivity index (χ0n) is 11.1. The first-order valence-electron chi connectivity index (χ1n) is 6.45. The summed E-state index contributed by atoms with van der Waals surface area (Å²) in [6, 6.07) is 9.26. The van der Waals surface area contributed by atoms with Crippen molar-refractivity contribution in [2.75, 3.05) is 20.3 Å². The summed E-state index contributed by atoms with van der Waals surface area (Å²) in [6.45, 7) is 6.40. The van der Waals surface area contributed by atoms with Gasteiger partial charge in [-0.25, -0.2) is 0 Å². The van der Waals surface area contributed by atoms with Gasteiger partial charge in [0.2, 0.25) is 0 Å². The van der Waals surface area contributed by atoms with Crippen molar-refractivity contribution in [3.05, 3.63) is 35.4 Å². The molecule has 0 amide bonds. The highest BCUT2D eigenvalue weighted by molar-refractivity contribution is 5.34. The van der Waals surface area contributed by atoms with Crippen molar-refractivity contribution in [1.29, 1.82) is 0 Å². The first kappa shape index (κ1) is 12.6. The van der Waals surface area contributed by atoms with Gasteiger partial charge in [-0.2, -0.15) is 0 Å². The van der Waals surface area contributed by atoms with Crippen LogP contribution in [-0.2, 0) is 11.2 Å². The van der Waals surface area contributed by atoms with Crippen LogP contribution in [-0.4, -0.2) is 20.3 Å². The van der Waals surface area contributed by atoms with Crippen LogP contribution < -0.4 is 5.32 Å². The highest BCUT2D eigenvalue weighted by Gasteiger charge is 2.34. The van der Waals surface area contributed by atoms with Crippen molar-refractivity contribution in [1.82, 2.24) is 5.32 Å². The van der Waals surface area contributed by atoms with Crippen LogP contribution in [0.5, 0.6) is 0 Å². The molecule has 0 saturated heterocycles. The molecule has 0 aromatic heterocycles. The van der Waals surface area contributed by atoms with E-state index in [0.717, 1.165) is 13.2 Å². The average Bonchev–Trinajstić information content (AvgIpc) is 2.32. The van der Waals surface area contributed by atoms with Crippen molar-refractivity contribution in [3.8, 4) is 0 Å². The Hall–Kier alpha value is -0.860. The van der Waals surface area contributed by atoms with Crippen LogP contribution in [0, 0.1) is 5.41 Å². The summed E-state index contributed by atoms with van der Waals surface area (Å²) in [5.74, 6) is 0. The van der Waals surface area contributed by atoms with Gasteiger partial charge >= 0.3 is 0 Å². The van der Waals surface area contributed by atoms with Crippen molar-refractivity contribution in [3.63, 3.8) is 0 Å². The number of hydrogen-bond donors (Lipinski definition) is 1. The van der Waals surface area contributed by atoms with Crippen molar-refractivity contribution in [2.45, 2.75) is 32.7 Å². The van der Waals surface area contributed by atoms with E-state index in [1.54, 1.807) is 7.11 Å². The van der Waals surface area contributed by atoms with Gasteiger partial charge in [0.1, 0.15) is 0 Å². The van der Waals surface area contributed by atoms with Crippen LogP contribution >= 0.6 is 0 Å². The Morgan fingerprint density at radius 1 is 1.35 bits per heavy atom. The average molecular weight is 233 g/mol. The van der Waals surface area contributed by atoms with Crippen LogP contribution in [0.25, 0.3) is 0 Å². The van der Waals surface area contributed by atoms with E-state index in [9.17, 15) is 0 Å². The first-order chi connectivity index (χ1) is 8.15. The third-order valence-electron chi connectivity index (χ3n) is 3.84. The topological polar surface area (TPSA) is 21.3 Å². The lowest BCUT2D eigenvalue weighted by Gasteiger charge is -2.40. The number of ether oxygens (including phenoxy) is 1. The molecule has 1 aromatic rings. The highest BCUT2D eigenvalue weighted by atomic mass is 16.5. The third-order valence-corrected chi connectivity index (χ3v) is 3.84. The molecule has 1 aromatic carbocycles. The zero-order valence-corrected chi connectivity index (χ0v) is 11.1. The van der Waals surface area contributed by atoms with Crippen molar-refractivity contribution >= 4 is 0 Å². The molecule has 17 heavy (non-hydrogen) atoms. The van der Waals surface area contributed by atoms with Gasteiger partial charge in [-0.05, 0) is 29.4 Å². The predicted octanol–water partition coefficient (Wildman–Crippen LogP) is 2.94. The molecular weight excluding hydrogens is 210 g/mol. The number of fused-ring (bicyclic) bond motifs is 1. The smallest absolute Gasteiger partial charge is 0.0587 e. The van der Waals surface area contributed by atoms with Gasteiger partial charge in [-0.3, -0.25) is 0 Å². The molecule has 2 heteroatoms. The fraction of sp³-hybridized carbons (Fsp3) is 0.600. The molecule has 0 saturated carbocycles. The maximum atomic E-state index is 5.13. The summed E-state index contributed by atoms with van der Waals surface area (Å²) in [6.07, 6.45) is 2.44. The summed E-state index contributed by atoms with van der Waals surface area (Å²) >= 11 is 0. The van der Waals surface area contributed by atoms with Gasteiger partial charge in [0.25, 0.3) is 0 Å². The molecule has 1 aliphatic rings. The molecule has 0 heterocycles. The SMILES string of the molecule is COCCNC1c2ccccc2CCC1(C)C. The first-order valence-corrected chi connectivity index (χ1v) is 6.45. The van der Waals surface area contributed by atoms with E-state index in [1.807, 2.05) is 0 Å². The molecule has 0 fully saturated rings.